The van der Waals surface area contributed by atoms with Crippen LogP contribution >= 0.6 is 11.3 Å². The molecule has 0 saturated heterocycles. The Labute approximate surface area is 178 Å². The summed E-state index contributed by atoms with van der Waals surface area (Å²) in [4.78, 5) is 17.5. The summed E-state index contributed by atoms with van der Waals surface area (Å²) >= 11 is 1.23. The molecule has 0 spiro atoms. The van der Waals surface area contributed by atoms with Crippen LogP contribution < -0.4 is 10.1 Å². The Balaban J connectivity index is 1.54. The van der Waals surface area contributed by atoms with Gasteiger partial charge in [0.2, 0.25) is 0 Å². The molecule has 3 aromatic carbocycles. The number of aromatic nitrogens is 1. The summed E-state index contributed by atoms with van der Waals surface area (Å²) in [6.07, 6.45) is 1.16. The predicted octanol–water partition coefficient (Wildman–Crippen LogP) is 4.53. The molecule has 1 amide bonds. The Kier molecular flexibility index (Phi) is 5.52. The maximum atomic E-state index is 12.9. The normalized spacial score (nSPS) is 11.4. The zero-order valence-corrected chi connectivity index (χ0v) is 17.7. The van der Waals surface area contributed by atoms with Crippen LogP contribution in [-0.4, -0.2) is 25.6 Å². The van der Waals surface area contributed by atoms with E-state index in [-0.39, 0.29) is 17.4 Å². The molecule has 0 unspecified atom stereocenters. The molecule has 0 fully saturated rings. The van der Waals surface area contributed by atoms with Gasteiger partial charge in [0.1, 0.15) is 12.4 Å². The fourth-order valence-electron chi connectivity index (χ4n) is 2.90. The first-order chi connectivity index (χ1) is 14.4. The van der Waals surface area contributed by atoms with E-state index in [2.05, 4.69) is 10.3 Å². The molecule has 1 N–H and O–H groups in total. The van der Waals surface area contributed by atoms with Crippen LogP contribution in [0.4, 0.5) is 5.13 Å². The summed E-state index contributed by atoms with van der Waals surface area (Å²) in [6.45, 7) is 0.255. The first kappa shape index (κ1) is 20.1. The van der Waals surface area contributed by atoms with E-state index in [4.69, 9.17) is 4.74 Å². The summed E-state index contributed by atoms with van der Waals surface area (Å²) in [6, 6.07) is 21.3. The number of carbonyl (C=O) groups excluding carboxylic acids is 1. The van der Waals surface area contributed by atoms with Crippen LogP contribution in [0.3, 0.4) is 0 Å². The number of rotatable bonds is 6. The first-order valence-corrected chi connectivity index (χ1v) is 11.8. The van der Waals surface area contributed by atoms with Gasteiger partial charge in [0.05, 0.1) is 15.1 Å². The van der Waals surface area contributed by atoms with Crippen LogP contribution in [0, 0.1) is 0 Å². The van der Waals surface area contributed by atoms with E-state index in [0.29, 0.717) is 20.9 Å². The predicted molar refractivity (Wildman–Crippen MR) is 118 cm³/mol. The average Bonchev–Trinajstić information content (AvgIpc) is 3.14. The molecule has 0 saturated carbocycles. The fourth-order valence-corrected chi connectivity index (χ4v) is 4.52. The molecule has 0 aliphatic carbocycles. The minimum Gasteiger partial charge on any atom is -0.489 e. The highest BCUT2D eigenvalue weighted by molar-refractivity contribution is 7.90. The number of hydrogen-bond donors (Lipinski definition) is 1. The van der Waals surface area contributed by atoms with Crippen molar-refractivity contribution in [2.45, 2.75) is 11.5 Å². The Bertz CT molecular complexity index is 1320. The highest BCUT2D eigenvalue weighted by Gasteiger charge is 2.15. The largest absolute Gasteiger partial charge is 0.489 e. The van der Waals surface area contributed by atoms with Gasteiger partial charge in [-0.05, 0) is 36.4 Å². The molecule has 6 nitrogen and oxygen atoms in total. The lowest BCUT2D eigenvalue weighted by atomic mass is 10.1. The Morgan fingerprint density at radius 3 is 2.53 bits per heavy atom. The molecule has 8 heteroatoms. The van der Waals surface area contributed by atoms with E-state index in [1.54, 1.807) is 24.3 Å². The van der Waals surface area contributed by atoms with Crippen molar-refractivity contribution in [3.05, 3.63) is 83.9 Å². The monoisotopic (exact) mass is 438 g/mol. The number of carbonyl (C=O) groups is 1. The van der Waals surface area contributed by atoms with Crippen molar-refractivity contribution in [2.24, 2.45) is 0 Å². The van der Waals surface area contributed by atoms with Crippen molar-refractivity contribution < 1.29 is 17.9 Å². The first-order valence-electron chi connectivity index (χ1n) is 9.08. The van der Waals surface area contributed by atoms with Crippen molar-refractivity contribution in [2.75, 3.05) is 11.6 Å². The van der Waals surface area contributed by atoms with Gasteiger partial charge in [0, 0.05) is 17.4 Å². The highest BCUT2D eigenvalue weighted by Crippen LogP contribution is 2.28. The van der Waals surface area contributed by atoms with Crippen molar-refractivity contribution in [3.63, 3.8) is 0 Å². The van der Waals surface area contributed by atoms with Gasteiger partial charge < -0.3 is 4.74 Å². The molecule has 30 heavy (non-hydrogen) atoms. The van der Waals surface area contributed by atoms with Gasteiger partial charge in [-0.1, -0.05) is 47.7 Å². The summed E-state index contributed by atoms with van der Waals surface area (Å²) in [5, 5.41) is 3.21. The van der Waals surface area contributed by atoms with Gasteiger partial charge in [-0.2, -0.15) is 0 Å². The molecule has 0 aliphatic rings. The van der Waals surface area contributed by atoms with E-state index < -0.39 is 9.84 Å². The molecule has 1 aromatic heterocycles. The van der Waals surface area contributed by atoms with Crippen LogP contribution in [-0.2, 0) is 16.4 Å². The lowest BCUT2D eigenvalue weighted by Gasteiger charge is -2.10. The number of nitrogens with zero attached hydrogens (tertiary/aromatic N) is 1. The lowest BCUT2D eigenvalue weighted by molar-refractivity contribution is 0.102. The summed E-state index contributed by atoms with van der Waals surface area (Å²) in [5.74, 6) is 0.421. The summed E-state index contributed by atoms with van der Waals surface area (Å²) < 4.78 is 30.0. The van der Waals surface area contributed by atoms with E-state index >= 15 is 0 Å². The van der Waals surface area contributed by atoms with Crippen LogP contribution in [0.1, 0.15) is 15.9 Å². The molecule has 0 atom stereocenters. The van der Waals surface area contributed by atoms with Crippen LogP contribution in [0.5, 0.6) is 5.75 Å². The van der Waals surface area contributed by atoms with E-state index in [0.717, 1.165) is 17.6 Å². The third-order valence-corrected chi connectivity index (χ3v) is 6.45. The van der Waals surface area contributed by atoms with Gasteiger partial charge in [-0.3, -0.25) is 10.1 Å². The molecular weight excluding hydrogens is 420 g/mol. The van der Waals surface area contributed by atoms with E-state index in [1.165, 1.54) is 17.4 Å². The van der Waals surface area contributed by atoms with Crippen molar-refractivity contribution in [1.82, 2.24) is 4.98 Å². The Morgan fingerprint density at radius 1 is 1.03 bits per heavy atom. The maximum absolute atomic E-state index is 12.9. The third kappa shape index (κ3) is 4.50. The van der Waals surface area contributed by atoms with Crippen LogP contribution in [0.2, 0.25) is 0 Å². The molecule has 1 heterocycles. The van der Waals surface area contributed by atoms with Gasteiger partial charge in [0.15, 0.2) is 15.0 Å². The molecule has 4 aromatic rings. The molecule has 0 radical (unpaired) electrons. The zero-order chi connectivity index (χ0) is 21.1. The third-order valence-electron chi connectivity index (χ3n) is 4.41. The van der Waals surface area contributed by atoms with E-state index in [9.17, 15) is 13.2 Å². The van der Waals surface area contributed by atoms with Crippen molar-refractivity contribution in [1.29, 1.82) is 0 Å². The van der Waals surface area contributed by atoms with Crippen LogP contribution in [0.15, 0.2) is 77.7 Å². The minimum absolute atomic E-state index is 0.222. The lowest BCUT2D eigenvalue weighted by Crippen LogP contribution is -2.15. The quantitative estimate of drug-likeness (QED) is 0.478. The highest BCUT2D eigenvalue weighted by atomic mass is 32.2. The topological polar surface area (TPSA) is 85.4 Å². The zero-order valence-electron chi connectivity index (χ0n) is 16.0. The molecular formula is C22H18N2O4S2. The van der Waals surface area contributed by atoms with Gasteiger partial charge in [-0.25, -0.2) is 13.4 Å². The maximum Gasteiger partial charge on any atom is 0.257 e. The number of nitrogens with one attached hydrogen (secondary N) is 1. The molecule has 0 bridgehead atoms. The summed E-state index contributed by atoms with van der Waals surface area (Å²) in [5.41, 5.74) is 1.87. The number of ether oxygens (including phenoxy) is 1. The smallest absolute Gasteiger partial charge is 0.257 e. The number of fused-ring (bicyclic) bond motifs is 1. The Morgan fingerprint density at radius 2 is 1.77 bits per heavy atom. The average molecular weight is 439 g/mol. The minimum atomic E-state index is -3.31. The second kappa shape index (κ2) is 8.25. The Hall–Kier alpha value is -3.23. The van der Waals surface area contributed by atoms with Crippen molar-refractivity contribution >= 4 is 42.4 Å². The number of anilines is 1. The standard InChI is InChI=1S/C22H18N2O4S2/c1-30(26,27)17-11-12-19-20(13-17)29-22(23-19)24-21(25)18-10-6-5-7-15(18)14-28-16-8-3-2-4-9-16/h2-13H,14H2,1H3,(H,23,24,25). The summed E-state index contributed by atoms with van der Waals surface area (Å²) in [7, 11) is -3.31. The molecule has 4 rings (SSSR count). The van der Waals surface area contributed by atoms with Crippen LogP contribution in [0.25, 0.3) is 10.2 Å². The van der Waals surface area contributed by atoms with Gasteiger partial charge in [-0.15, -0.1) is 0 Å². The number of thiazole rings is 1. The molecule has 152 valence electrons. The van der Waals surface area contributed by atoms with E-state index in [1.807, 2.05) is 42.5 Å². The van der Waals surface area contributed by atoms with Crippen molar-refractivity contribution in [3.8, 4) is 5.75 Å². The number of para-hydroxylation sites is 1. The molecule has 0 aliphatic heterocycles. The number of benzene rings is 3. The number of hydrogen-bond acceptors (Lipinski definition) is 6. The number of amides is 1. The fraction of sp³-hybridized carbons (Fsp3) is 0.0909. The second-order valence-electron chi connectivity index (χ2n) is 6.63. The second-order valence-corrected chi connectivity index (χ2v) is 9.68. The van der Waals surface area contributed by atoms with Gasteiger partial charge >= 0.3 is 0 Å². The SMILES string of the molecule is CS(=O)(=O)c1ccc2nc(NC(=O)c3ccccc3COc3ccccc3)sc2c1. The van der Waals surface area contributed by atoms with Gasteiger partial charge in [0.25, 0.3) is 5.91 Å². The number of sulfone groups is 1.